The van der Waals surface area contributed by atoms with Crippen molar-refractivity contribution in [1.29, 1.82) is 0 Å². The molecule has 0 aromatic carbocycles. The summed E-state index contributed by atoms with van der Waals surface area (Å²) < 4.78 is 0. The van der Waals surface area contributed by atoms with Gasteiger partial charge in [-0.1, -0.05) is 23.4 Å². The number of carbonyl (C=O) groups is 1. The molecule has 1 aromatic heterocycles. The number of nitrogen functional groups attached to an aromatic ring is 1. The van der Waals surface area contributed by atoms with Crippen molar-refractivity contribution in [2.45, 2.75) is 6.92 Å². The summed E-state index contributed by atoms with van der Waals surface area (Å²) in [5.41, 5.74) is 6.38. The van der Waals surface area contributed by atoms with Crippen LogP contribution < -0.4 is 11.1 Å². The van der Waals surface area contributed by atoms with E-state index in [4.69, 9.17) is 22.4 Å². The number of nitrogens with zero attached hydrogens (tertiary/aromatic N) is 2. The van der Waals surface area contributed by atoms with Crippen LogP contribution in [-0.2, 0) is 0 Å². The Bertz CT molecular complexity index is 455. The van der Waals surface area contributed by atoms with Crippen molar-refractivity contribution in [3.63, 3.8) is 0 Å². The zero-order valence-electron chi connectivity index (χ0n) is 8.41. The van der Waals surface area contributed by atoms with E-state index in [1.165, 1.54) is 0 Å². The molecule has 1 aromatic rings. The van der Waals surface area contributed by atoms with E-state index in [1.54, 1.807) is 6.92 Å². The van der Waals surface area contributed by atoms with Crippen molar-refractivity contribution in [3.8, 4) is 11.8 Å². The van der Waals surface area contributed by atoms with E-state index in [0.717, 1.165) is 0 Å². The SMILES string of the molecule is Cc1nc(N)nc(Cl)c1C#CCNC(=O)O. The van der Waals surface area contributed by atoms with Gasteiger partial charge in [0.2, 0.25) is 5.95 Å². The second-order valence-electron chi connectivity index (χ2n) is 2.79. The maximum absolute atomic E-state index is 10.1. The molecule has 0 radical (unpaired) electrons. The van der Waals surface area contributed by atoms with E-state index in [2.05, 4.69) is 27.1 Å². The summed E-state index contributed by atoms with van der Waals surface area (Å²) in [6.07, 6.45) is -1.13. The predicted molar refractivity (Wildman–Crippen MR) is 59.1 cm³/mol. The average molecular weight is 241 g/mol. The first-order valence-electron chi connectivity index (χ1n) is 4.26. The van der Waals surface area contributed by atoms with Crippen molar-refractivity contribution >= 4 is 23.6 Å². The van der Waals surface area contributed by atoms with Gasteiger partial charge in [0.1, 0.15) is 0 Å². The van der Waals surface area contributed by atoms with Crippen LogP contribution in [-0.4, -0.2) is 27.7 Å². The van der Waals surface area contributed by atoms with Gasteiger partial charge in [0.25, 0.3) is 0 Å². The summed E-state index contributed by atoms with van der Waals surface area (Å²) in [4.78, 5) is 17.8. The smallest absolute Gasteiger partial charge is 0.405 e. The fourth-order valence-corrected chi connectivity index (χ4v) is 1.22. The van der Waals surface area contributed by atoms with Gasteiger partial charge >= 0.3 is 6.09 Å². The summed E-state index contributed by atoms with van der Waals surface area (Å²) >= 11 is 5.81. The molecule has 1 rings (SSSR count). The molecule has 0 atom stereocenters. The molecule has 0 spiro atoms. The van der Waals surface area contributed by atoms with Crippen LogP contribution in [0.3, 0.4) is 0 Å². The molecule has 4 N–H and O–H groups in total. The first kappa shape index (κ1) is 12.1. The molecular weight excluding hydrogens is 232 g/mol. The van der Waals surface area contributed by atoms with Gasteiger partial charge in [-0.3, -0.25) is 0 Å². The lowest BCUT2D eigenvalue weighted by Gasteiger charge is -2.00. The molecule has 1 heterocycles. The molecule has 0 bridgehead atoms. The number of anilines is 1. The minimum Gasteiger partial charge on any atom is -0.465 e. The fourth-order valence-electron chi connectivity index (χ4n) is 0.953. The summed E-state index contributed by atoms with van der Waals surface area (Å²) in [6.45, 7) is 1.70. The van der Waals surface area contributed by atoms with Crippen LogP contribution in [0.15, 0.2) is 0 Å². The molecule has 16 heavy (non-hydrogen) atoms. The van der Waals surface area contributed by atoms with E-state index in [1.807, 2.05) is 0 Å². The van der Waals surface area contributed by atoms with Crippen LogP contribution in [0, 0.1) is 18.8 Å². The van der Waals surface area contributed by atoms with Crippen molar-refractivity contribution in [2.24, 2.45) is 0 Å². The Kier molecular flexibility index (Phi) is 3.91. The van der Waals surface area contributed by atoms with E-state index in [-0.39, 0.29) is 17.6 Å². The Morgan fingerprint density at radius 3 is 2.88 bits per heavy atom. The molecule has 0 aliphatic heterocycles. The zero-order chi connectivity index (χ0) is 12.1. The molecular formula is C9H9ClN4O2. The monoisotopic (exact) mass is 240 g/mol. The Labute approximate surface area is 96.8 Å². The number of amides is 1. The Balaban J connectivity index is 2.84. The average Bonchev–Trinajstić information content (AvgIpc) is 2.14. The second-order valence-corrected chi connectivity index (χ2v) is 3.15. The minimum atomic E-state index is -1.13. The minimum absolute atomic E-state index is 0.00940. The van der Waals surface area contributed by atoms with Crippen molar-refractivity contribution in [1.82, 2.24) is 15.3 Å². The summed E-state index contributed by atoms with van der Waals surface area (Å²) in [7, 11) is 0. The number of nitrogens with two attached hydrogens (primary N) is 1. The van der Waals surface area contributed by atoms with E-state index >= 15 is 0 Å². The fraction of sp³-hybridized carbons (Fsp3) is 0.222. The van der Waals surface area contributed by atoms with Gasteiger partial charge in [-0.2, -0.15) is 4.98 Å². The maximum atomic E-state index is 10.1. The number of nitrogens with one attached hydrogen (secondary N) is 1. The quantitative estimate of drug-likeness (QED) is 0.494. The molecule has 6 nitrogen and oxygen atoms in total. The molecule has 7 heteroatoms. The normalized spacial score (nSPS) is 9.12. The van der Waals surface area contributed by atoms with E-state index in [0.29, 0.717) is 11.3 Å². The topological polar surface area (TPSA) is 101 Å². The first-order chi connectivity index (χ1) is 7.50. The number of aryl methyl sites for hydroxylation is 1. The van der Waals surface area contributed by atoms with Gasteiger partial charge in [0, 0.05) is 0 Å². The van der Waals surface area contributed by atoms with Crippen molar-refractivity contribution in [2.75, 3.05) is 12.3 Å². The first-order valence-corrected chi connectivity index (χ1v) is 4.63. The lowest BCUT2D eigenvalue weighted by Crippen LogP contribution is -2.20. The molecule has 0 saturated heterocycles. The van der Waals surface area contributed by atoms with Gasteiger partial charge in [0.15, 0.2) is 5.15 Å². The number of hydrogen-bond donors (Lipinski definition) is 3. The van der Waals surface area contributed by atoms with Crippen LogP contribution >= 0.6 is 11.6 Å². The molecule has 0 saturated carbocycles. The number of hydrogen-bond acceptors (Lipinski definition) is 4. The van der Waals surface area contributed by atoms with E-state index in [9.17, 15) is 4.79 Å². The van der Waals surface area contributed by atoms with Gasteiger partial charge < -0.3 is 16.2 Å². The van der Waals surface area contributed by atoms with Crippen LogP contribution in [0.25, 0.3) is 0 Å². The maximum Gasteiger partial charge on any atom is 0.405 e. The lowest BCUT2D eigenvalue weighted by molar-refractivity contribution is 0.196. The van der Waals surface area contributed by atoms with Crippen LogP contribution in [0.2, 0.25) is 5.15 Å². The highest BCUT2D eigenvalue weighted by atomic mass is 35.5. The number of halogens is 1. The summed E-state index contributed by atoms with van der Waals surface area (Å²) in [6, 6.07) is 0. The van der Waals surface area contributed by atoms with Crippen LogP contribution in [0.5, 0.6) is 0 Å². The highest BCUT2D eigenvalue weighted by Crippen LogP contribution is 2.15. The number of carboxylic acid groups (broad SMARTS) is 1. The Morgan fingerprint density at radius 2 is 2.31 bits per heavy atom. The van der Waals surface area contributed by atoms with Crippen molar-refractivity contribution < 1.29 is 9.90 Å². The number of rotatable bonds is 1. The van der Waals surface area contributed by atoms with Crippen LogP contribution in [0.4, 0.5) is 10.7 Å². The summed E-state index contributed by atoms with van der Waals surface area (Å²) in [5.74, 6) is 5.34. The number of aromatic nitrogens is 2. The van der Waals surface area contributed by atoms with Gasteiger partial charge in [-0.25, -0.2) is 9.78 Å². The Morgan fingerprint density at radius 1 is 1.62 bits per heavy atom. The molecule has 0 fully saturated rings. The molecule has 1 amide bonds. The third-order valence-corrected chi connectivity index (χ3v) is 1.88. The van der Waals surface area contributed by atoms with Gasteiger partial charge in [0.05, 0.1) is 17.8 Å². The molecule has 0 aliphatic carbocycles. The molecule has 84 valence electrons. The van der Waals surface area contributed by atoms with Crippen molar-refractivity contribution in [3.05, 3.63) is 16.4 Å². The highest BCUT2D eigenvalue weighted by molar-refractivity contribution is 6.30. The second kappa shape index (κ2) is 5.19. The lowest BCUT2D eigenvalue weighted by atomic mass is 10.2. The molecule has 0 unspecified atom stereocenters. The Hall–Kier alpha value is -2.00. The molecule has 0 aliphatic rings. The van der Waals surface area contributed by atoms with E-state index < -0.39 is 6.09 Å². The predicted octanol–water partition coefficient (Wildman–Crippen LogP) is 0.640. The standard InChI is InChI=1S/C9H9ClN4O2/c1-5-6(3-2-4-12-9(15)16)7(10)14-8(11)13-5/h12H,4H2,1H3,(H,15,16)(H2,11,13,14). The van der Waals surface area contributed by atoms with Gasteiger partial charge in [-0.05, 0) is 6.92 Å². The zero-order valence-corrected chi connectivity index (χ0v) is 9.17. The largest absolute Gasteiger partial charge is 0.465 e. The highest BCUT2D eigenvalue weighted by Gasteiger charge is 2.05. The van der Waals surface area contributed by atoms with Gasteiger partial charge in [-0.15, -0.1) is 0 Å². The van der Waals surface area contributed by atoms with Crippen LogP contribution in [0.1, 0.15) is 11.3 Å². The third kappa shape index (κ3) is 3.29. The summed E-state index contributed by atoms with van der Waals surface area (Å²) in [5, 5.41) is 10.6. The third-order valence-electron chi connectivity index (χ3n) is 1.60.